The average molecular weight is 242 g/mol. The highest BCUT2D eigenvalue weighted by molar-refractivity contribution is 5.96. The normalized spacial score (nSPS) is 12.4. The van der Waals surface area contributed by atoms with Gasteiger partial charge < -0.3 is 10.4 Å². The van der Waals surface area contributed by atoms with Crippen LogP contribution in [0.5, 0.6) is 0 Å². The van der Waals surface area contributed by atoms with Gasteiger partial charge in [0, 0.05) is 12.5 Å². The summed E-state index contributed by atoms with van der Waals surface area (Å²) in [5.41, 5.74) is -1.20. The van der Waals surface area contributed by atoms with Crippen molar-refractivity contribution in [3.8, 4) is 0 Å². The molecule has 0 bridgehead atoms. The molecule has 0 aliphatic heterocycles. The van der Waals surface area contributed by atoms with Crippen LogP contribution in [0.4, 0.5) is 4.79 Å². The SMILES string of the molecule is C=CC(C)NC(=O)NC(=O)CC(C)(C)C(=O)O. The second kappa shape index (κ2) is 6.03. The third-order valence-electron chi connectivity index (χ3n) is 2.15. The number of imide groups is 1. The van der Waals surface area contributed by atoms with Crippen LogP contribution in [0, 0.1) is 5.41 Å². The Morgan fingerprint density at radius 2 is 1.94 bits per heavy atom. The van der Waals surface area contributed by atoms with Gasteiger partial charge in [0.15, 0.2) is 0 Å². The number of hydrogen-bond acceptors (Lipinski definition) is 3. The van der Waals surface area contributed by atoms with E-state index in [1.54, 1.807) is 6.92 Å². The van der Waals surface area contributed by atoms with Gasteiger partial charge in [-0.3, -0.25) is 14.9 Å². The maximum atomic E-state index is 11.4. The Labute approximate surface area is 100 Å². The van der Waals surface area contributed by atoms with E-state index in [2.05, 4.69) is 17.2 Å². The van der Waals surface area contributed by atoms with Gasteiger partial charge in [-0.1, -0.05) is 6.08 Å². The third-order valence-corrected chi connectivity index (χ3v) is 2.15. The van der Waals surface area contributed by atoms with E-state index in [1.807, 2.05) is 0 Å². The standard InChI is InChI=1S/C11H18N2O4/c1-5-7(2)12-10(17)13-8(14)6-11(3,4)9(15)16/h5,7H,1,6H2,2-4H3,(H,15,16)(H2,12,13,14,17). The van der Waals surface area contributed by atoms with Gasteiger partial charge in [-0.25, -0.2) is 4.79 Å². The Morgan fingerprint density at radius 1 is 1.41 bits per heavy atom. The summed E-state index contributed by atoms with van der Waals surface area (Å²) in [6, 6.07) is -0.932. The van der Waals surface area contributed by atoms with Gasteiger partial charge in [0.25, 0.3) is 0 Å². The fourth-order valence-electron chi connectivity index (χ4n) is 0.950. The minimum absolute atomic E-state index is 0.266. The highest BCUT2D eigenvalue weighted by Crippen LogP contribution is 2.19. The van der Waals surface area contributed by atoms with E-state index in [-0.39, 0.29) is 12.5 Å². The molecule has 0 rings (SSSR count). The molecule has 0 radical (unpaired) electrons. The van der Waals surface area contributed by atoms with Crippen LogP contribution >= 0.6 is 0 Å². The molecule has 0 fully saturated rings. The topological polar surface area (TPSA) is 95.5 Å². The molecule has 0 aliphatic carbocycles. The lowest BCUT2D eigenvalue weighted by molar-refractivity contribution is -0.149. The Bertz CT molecular complexity index is 336. The fraction of sp³-hybridized carbons (Fsp3) is 0.545. The molecule has 0 saturated heterocycles. The Balaban J connectivity index is 4.24. The van der Waals surface area contributed by atoms with E-state index in [1.165, 1.54) is 19.9 Å². The number of aliphatic carboxylic acids is 1. The molecule has 6 nitrogen and oxygen atoms in total. The smallest absolute Gasteiger partial charge is 0.321 e. The minimum Gasteiger partial charge on any atom is -0.481 e. The molecule has 96 valence electrons. The summed E-state index contributed by atoms with van der Waals surface area (Å²) < 4.78 is 0. The van der Waals surface area contributed by atoms with Crippen LogP contribution in [0.15, 0.2) is 12.7 Å². The second-order valence-corrected chi connectivity index (χ2v) is 4.41. The fourth-order valence-corrected chi connectivity index (χ4v) is 0.950. The molecule has 0 heterocycles. The molecular weight excluding hydrogens is 224 g/mol. The Kier molecular flexibility index (Phi) is 5.37. The molecule has 0 aromatic carbocycles. The van der Waals surface area contributed by atoms with E-state index in [0.717, 1.165) is 0 Å². The molecule has 0 aliphatic rings. The van der Waals surface area contributed by atoms with E-state index in [0.29, 0.717) is 0 Å². The first-order chi connectivity index (χ1) is 7.69. The van der Waals surface area contributed by atoms with Gasteiger partial charge in [0.2, 0.25) is 5.91 Å². The first-order valence-corrected chi connectivity index (χ1v) is 5.15. The number of carboxylic acids is 1. The molecular formula is C11H18N2O4. The van der Waals surface area contributed by atoms with Crippen LogP contribution in [-0.2, 0) is 9.59 Å². The van der Waals surface area contributed by atoms with Crippen molar-refractivity contribution in [2.45, 2.75) is 33.2 Å². The largest absolute Gasteiger partial charge is 0.481 e. The van der Waals surface area contributed by atoms with Gasteiger partial charge in [-0.15, -0.1) is 6.58 Å². The van der Waals surface area contributed by atoms with Crippen molar-refractivity contribution in [3.05, 3.63) is 12.7 Å². The summed E-state index contributed by atoms with van der Waals surface area (Å²) in [6.07, 6.45) is 1.24. The molecule has 6 heteroatoms. The second-order valence-electron chi connectivity index (χ2n) is 4.41. The summed E-state index contributed by atoms with van der Waals surface area (Å²) in [6.45, 7) is 7.99. The van der Waals surface area contributed by atoms with Crippen LogP contribution in [0.1, 0.15) is 27.2 Å². The number of amides is 3. The molecule has 1 unspecified atom stereocenters. The van der Waals surface area contributed by atoms with E-state index < -0.39 is 23.3 Å². The third kappa shape index (κ3) is 5.70. The number of nitrogens with one attached hydrogen (secondary N) is 2. The van der Waals surface area contributed by atoms with Crippen LogP contribution in [-0.4, -0.2) is 29.1 Å². The molecule has 0 aromatic heterocycles. The molecule has 0 spiro atoms. The van der Waals surface area contributed by atoms with Gasteiger partial charge in [-0.05, 0) is 20.8 Å². The zero-order valence-corrected chi connectivity index (χ0v) is 10.2. The Hall–Kier alpha value is -1.85. The predicted octanol–water partition coefficient (Wildman–Crippen LogP) is 0.888. The number of carboxylic acid groups (broad SMARTS) is 1. The number of carbonyl (C=O) groups excluding carboxylic acids is 2. The van der Waals surface area contributed by atoms with E-state index in [4.69, 9.17) is 5.11 Å². The maximum Gasteiger partial charge on any atom is 0.321 e. The first-order valence-electron chi connectivity index (χ1n) is 5.15. The minimum atomic E-state index is -1.20. The molecule has 17 heavy (non-hydrogen) atoms. The van der Waals surface area contributed by atoms with Crippen molar-refractivity contribution in [2.75, 3.05) is 0 Å². The highest BCUT2D eigenvalue weighted by atomic mass is 16.4. The van der Waals surface area contributed by atoms with Crippen LogP contribution in [0.3, 0.4) is 0 Å². The quantitative estimate of drug-likeness (QED) is 0.624. The molecule has 1 atom stereocenters. The predicted molar refractivity (Wildman–Crippen MR) is 62.4 cm³/mol. The lowest BCUT2D eigenvalue weighted by Gasteiger charge is -2.18. The number of carbonyl (C=O) groups is 3. The van der Waals surface area contributed by atoms with Gasteiger partial charge in [0.1, 0.15) is 0 Å². The zero-order chi connectivity index (χ0) is 13.6. The molecule has 3 amide bonds. The lowest BCUT2D eigenvalue weighted by Crippen LogP contribution is -2.44. The number of hydrogen-bond donors (Lipinski definition) is 3. The summed E-state index contributed by atoms with van der Waals surface area (Å²) >= 11 is 0. The number of urea groups is 1. The molecule has 0 saturated carbocycles. The first kappa shape index (κ1) is 15.2. The van der Waals surface area contributed by atoms with Gasteiger partial charge in [0.05, 0.1) is 5.41 Å². The van der Waals surface area contributed by atoms with Crippen molar-refractivity contribution >= 4 is 17.9 Å². The van der Waals surface area contributed by atoms with Crippen molar-refractivity contribution in [3.63, 3.8) is 0 Å². The van der Waals surface area contributed by atoms with Crippen LogP contribution in [0.2, 0.25) is 0 Å². The lowest BCUT2D eigenvalue weighted by atomic mass is 9.89. The van der Waals surface area contributed by atoms with Crippen molar-refractivity contribution in [1.29, 1.82) is 0 Å². The monoisotopic (exact) mass is 242 g/mol. The van der Waals surface area contributed by atoms with Crippen LogP contribution < -0.4 is 10.6 Å². The van der Waals surface area contributed by atoms with Crippen molar-refractivity contribution in [2.24, 2.45) is 5.41 Å². The average Bonchev–Trinajstić information content (AvgIpc) is 2.15. The molecule has 3 N–H and O–H groups in total. The van der Waals surface area contributed by atoms with Gasteiger partial charge >= 0.3 is 12.0 Å². The Morgan fingerprint density at radius 3 is 2.35 bits per heavy atom. The van der Waals surface area contributed by atoms with Crippen LogP contribution in [0.25, 0.3) is 0 Å². The molecule has 0 aromatic rings. The maximum absolute atomic E-state index is 11.4. The summed E-state index contributed by atoms with van der Waals surface area (Å²) in [4.78, 5) is 33.4. The van der Waals surface area contributed by atoms with Gasteiger partial charge in [-0.2, -0.15) is 0 Å². The van der Waals surface area contributed by atoms with Crippen molar-refractivity contribution < 1.29 is 19.5 Å². The zero-order valence-electron chi connectivity index (χ0n) is 10.2. The number of rotatable bonds is 5. The summed E-state index contributed by atoms with van der Waals surface area (Å²) in [5.74, 6) is -1.72. The summed E-state index contributed by atoms with van der Waals surface area (Å²) in [7, 11) is 0. The highest BCUT2D eigenvalue weighted by Gasteiger charge is 2.30. The summed E-state index contributed by atoms with van der Waals surface area (Å²) in [5, 5.41) is 13.3. The van der Waals surface area contributed by atoms with E-state index >= 15 is 0 Å². The van der Waals surface area contributed by atoms with Crippen molar-refractivity contribution in [1.82, 2.24) is 10.6 Å². The van der Waals surface area contributed by atoms with E-state index in [9.17, 15) is 14.4 Å².